The Labute approximate surface area is 125 Å². The van der Waals surface area contributed by atoms with E-state index in [1.54, 1.807) is 0 Å². The number of thiophene rings is 1. The predicted molar refractivity (Wildman–Crippen MR) is 78.7 cm³/mol. The zero-order valence-corrected chi connectivity index (χ0v) is 13.8. The van der Waals surface area contributed by atoms with Gasteiger partial charge in [-0.1, -0.05) is 46.1 Å². The fourth-order valence-corrected chi connectivity index (χ4v) is 5.65. The first-order valence-electron chi connectivity index (χ1n) is 5.66. The van der Waals surface area contributed by atoms with E-state index in [1.165, 1.54) is 11.3 Å². The topological polar surface area (TPSA) is 9.23 Å². The van der Waals surface area contributed by atoms with Gasteiger partial charge in [0.1, 0.15) is 0 Å². The summed E-state index contributed by atoms with van der Waals surface area (Å²) in [7, 11) is 0. The summed E-state index contributed by atoms with van der Waals surface area (Å²) in [4.78, 5) is 0.202. The van der Waals surface area contributed by atoms with Gasteiger partial charge in [0, 0.05) is 10.7 Å². The summed E-state index contributed by atoms with van der Waals surface area (Å²) >= 11 is 17.4. The van der Waals surface area contributed by atoms with Crippen molar-refractivity contribution >= 4 is 50.5 Å². The highest BCUT2D eigenvalue weighted by molar-refractivity contribution is 9.09. The molecule has 0 bridgehead atoms. The van der Waals surface area contributed by atoms with Gasteiger partial charge in [0.15, 0.2) is 0 Å². The quantitative estimate of drug-likeness (QED) is 0.630. The number of ether oxygens (including phenoxy) is 1. The maximum Gasteiger partial charge on any atom is 0.0987 e. The zero-order valence-electron chi connectivity index (χ0n) is 9.91. The Morgan fingerprint density at radius 3 is 2.35 bits per heavy atom. The second-order valence-electron chi connectivity index (χ2n) is 4.66. The molecule has 1 fully saturated rings. The summed E-state index contributed by atoms with van der Waals surface area (Å²) in [5, 5.41) is 0. The molecule has 5 atom stereocenters. The molecule has 2 heterocycles. The lowest BCUT2D eigenvalue weighted by molar-refractivity contribution is 0.0511. The van der Waals surface area contributed by atoms with E-state index in [0.717, 1.165) is 14.2 Å². The van der Waals surface area contributed by atoms with E-state index in [2.05, 4.69) is 36.7 Å². The van der Waals surface area contributed by atoms with Crippen LogP contribution in [0.25, 0.3) is 0 Å². The molecule has 0 spiro atoms. The van der Waals surface area contributed by atoms with Crippen LogP contribution in [0.4, 0.5) is 0 Å². The van der Waals surface area contributed by atoms with Crippen LogP contribution < -0.4 is 0 Å². The van der Waals surface area contributed by atoms with Crippen molar-refractivity contribution < 1.29 is 4.74 Å². The highest BCUT2D eigenvalue weighted by atomic mass is 79.9. The molecular formula is C12H15BrCl2OS. The summed E-state index contributed by atoms with van der Waals surface area (Å²) in [6.07, 6.45) is 0.530. The summed E-state index contributed by atoms with van der Waals surface area (Å²) < 4.78 is 7.38. The molecule has 17 heavy (non-hydrogen) atoms. The lowest BCUT2D eigenvalue weighted by Crippen LogP contribution is -2.21. The molecule has 2 rings (SSSR count). The Morgan fingerprint density at radius 1 is 1.29 bits per heavy atom. The van der Waals surface area contributed by atoms with Gasteiger partial charge < -0.3 is 4.74 Å². The van der Waals surface area contributed by atoms with Crippen molar-refractivity contribution in [3.8, 4) is 0 Å². The SMILES string of the molecule is CC1OC(C)C(C(Br)c2cc(Cl)sc2Cl)C1C. The third kappa shape index (κ3) is 2.69. The van der Waals surface area contributed by atoms with E-state index < -0.39 is 0 Å². The molecule has 1 aromatic heterocycles. The van der Waals surface area contributed by atoms with Crippen LogP contribution in [0, 0.1) is 11.8 Å². The van der Waals surface area contributed by atoms with E-state index in [9.17, 15) is 0 Å². The van der Waals surface area contributed by atoms with Gasteiger partial charge >= 0.3 is 0 Å². The van der Waals surface area contributed by atoms with E-state index >= 15 is 0 Å². The molecule has 0 aliphatic carbocycles. The van der Waals surface area contributed by atoms with Gasteiger partial charge in [0.2, 0.25) is 0 Å². The molecule has 5 heteroatoms. The lowest BCUT2D eigenvalue weighted by atomic mass is 9.85. The molecule has 0 N–H and O–H groups in total. The number of rotatable bonds is 2. The minimum absolute atomic E-state index is 0.202. The van der Waals surface area contributed by atoms with Crippen LogP contribution in [-0.2, 0) is 4.74 Å². The Balaban J connectivity index is 2.25. The summed E-state index contributed by atoms with van der Waals surface area (Å²) in [6, 6.07) is 1.95. The van der Waals surface area contributed by atoms with Crippen molar-refractivity contribution in [2.24, 2.45) is 11.8 Å². The van der Waals surface area contributed by atoms with E-state index in [1.807, 2.05) is 6.07 Å². The van der Waals surface area contributed by atoms with Gasteiger partial charge in [-0.3, -0.25) is 0 Å². The van der Waals surface area contributed by atoms with Gasteiger partial charge in [-0.25, -0.2) is 0 Å². The van der Waals surface area contributed by atoms with Crippen LogP contribution in [0.1, 0.15) is 31.2 Å². The Bertz CT molecular complexity index is 409. The first-order valence-corrected chi connectivity index (χ1v) is 8.15. The third-order valence-corrected chi connectivity index (χ3v) is 6.26. The molecule has 0 saturated carbocycles. The van der Waals surface area contributed by atoms with Crippen molar-refractivity contribution in [3.05, 3.63) is 20.3 Å². The Morgan fingerprint density at radius 2 is 1.94 bits per heavy atom. The van der Waals surface area contributed by atoms with E-state index in [0.29, 0.717) is 17.9 Å². The molecule has 1 aliphatic heterocycles. The van der Waals surface area contributed by atoms with Gasteiger partial charge in [-0.2, -0.15) is 0 Å². The second kappa shape index (κ2) is 5.38. The molecule has 1 aromatic rings. The average molecular weight is 358 g/mol. The van der Waals surface area contributed by atoms with Crippen LogP contribution in [0.2, 0.25) is 8.67 Å². The van der Waals surface area contributed by atoms with Crippen molar-refractivity contribution in [3.63, 3.8) is 0 Å². The lowest BCUT2D eigenvalue weighted by Gasteiger charge is -2.24. The van der Waals surface area contributed by atoms with Crippen molar-refractivity contribution in [2.45, 2.75) is 37.8 Å². The predicted octanol–water partition coefficient (Wildman–Crippen LogP) is 5.55. The van der Waals surface area contributed by atoms with Crippen LogP contribution in [0.5, 0.6) is 0 Å². The third-order valence-electron chi connectivity index (χ3n) is 3.64. The number of hydrogen-bond donors (Lipinski definition) is 0. The minimum atomic E-state index is 0.202. The number of alkyl halides is 1. The van der Waals surface area contributed by atoms with Crippen molar-refractivity contribution in [2.75, 3.05) is 0 Å². The molecule has 0 aromatic carbocycles. The standard InChI is InChI=1S/C12H15BrCl2OS/c1-5-6(2)16-7(3)10(5)11(13)8-4-9(14)17-12(8)15/h4-7,10-11H,1-3H3. The number of hydrogen-bond acceptors (Lipinski definition) is 2. The van der Waals surface area contributed by atoms with Crippen LogP contribution in [0.3, 0.4) is 0 Å². The molecule has 1 aliphatic rings. The first kappa shape index (κ1) is 14.1. The van der Waals surface area contributed by atoms with Crippen molar-refractivity contribution in [1.29, 1.82) is 0 Å². The monoisotopic (exact) mass is 356 g/mol. The fraction of sp³-hybridized carbons (Fsp3) is 0.667. The minimum Gasteiger partial charge on any atom is -0.375 e. The Hall–Kier alpha value is 0.720. The molecule has 96 valence electrons. The summed E-state index contributed by atoms with van der Waals surface area (Å²) in [5.74, 6) is 0.928. The second-order valence-corrected chi connectivity index (χ2v) is 7.94. The molecular weight excluding hydrogens is 343 g/mol. The maximum absolute atomic E-state index is 6.21. The fourth-order valence-electron chi connectivity index (χ4n) is 2.55. The normalized spacial score (nSPS) is 35.2. The molecule has 0 radical (unpaired) electrons. The largest absolute Gasteiger partial charge is 0.375 e. The van der Waals surface area contributed by atoms with Gasteiger partial charge in [-0.15, -0.1) is 11.3 Å². The van der Waals surface area contributed by atoms with Crippen LogP contribution in [0.15, 0.2) is 6.07 Å². The van der Waals surface area contributed by atoms with Crippen molar-refractivity contribution in [1.82, 2.24) is 0 Å². The van der Waals surface area contributed by atoms with Gasteiger partial charge in [0.05, 0.1) is 20.9 Å². The average Bonchev–Trinajstić information content (AvgIpc) is 2.68. The molecule has 5 unspecified atom stereocenters. The van der Waals surface area contributed by atoms with E-state index in [-0.39, 0.29) is 10.9 Å². The van der Waals surface area contributed by atoms with Crippen LogP contribution >= 0.6 is 50.5 Å². The highest BCUT2D eigenvalue weighted by Gasteiger charge is 2.42. The molecule has 1 nitrogen and oxygen atoms in total. The molecule has 0 amide bonds. The Kier molecular flexibility index (Phi) is 4.47. The van der Waals surface area contributed by atoms with E-state index in [4.69, 9.17) is 27.9 Å². The maximum atomic E-state index is 6.21. The van der Waals surface area contributed by atoms with Gasteiger partial charge in [-0.05, 0) is 31.4 Å². The first-order chi connectivity index (χ1) is 7.91. The zero-order chi connectivity index (χ0) is 12.7. The van der Waals surface area contributed by atoms with Gasteiger partial charge in [0.25, 0.3) is 0 Å². The number of halogens is 3. The summed E-state index contributed by atoms with van der Waals surface area (Å²) in [6.45, 7) is 6.48. The molecule has 1 saturated heterocycles. The smallest absolute Gasteiger partial charge is 0.0987 e. The summed E-state index contributed by atoms with van der Waals surface area (Å²) in [5.41, 5.74) is 1.09. The highest BCUT2D eigenvalue weighted by Crippen LogP contribution is 2.48. The van der Waals surface area contributed by atoms with Crippen LogP contribution in [-0.4, -0.2) is 12.2 Å².